The summed E-state index contributed by atoms with van der Waals surface area (Å²) in [6.07, 6.45) is 4.86. The van der Waals surface area contributed by atoms with E-state index < -0.39 is 0 Å². The molecule has 0 atom stereocenters. The maximum atomic E-state index is 4.05. The van der Waals surface area contributed by atoms with Gasteiger partial charge in [0.1, 0.15) is 0 Å². The summed E-state index contributed by atoms with van der Waals surface area (Å²) in [5, 5.41) is 4.88. The summed E-state index contributed by atoms with van der Waals surface area (Å²) in [5.74, 6) is 0.706. The van der Waals surface area contributed by atoms with E-state index >= 15 is 0 Å². The molecule has 3 rings (SSSR count). The predicted molar refractivity (Wildman–Crippen MR) is 81.6 cm³/mol. The van der Waals surface area contributed by atoms with Crippen molar-refractivity contribution in [1.82, 2.24) is 9.88 Å². The van der Waals surface area contributed by atoms with Crippen LogP contribution < -0.4 is 5.32 Å². The second kappa shape index (κ2) is 5.22. The number of hydrogen-bond donors (Lipinski definition) is 1. The van der Waals surface area contributed by atoms with Crippen LogP contribution in [0, 0.1) is 0 Å². The molecule has 0 aliphatic carbocycles. The van der Waals surface area contributed by atoms with Crippen molar-refractivity contribution in [3.63, 3.8) is 0 Å². The van der Waals surface area contributed by atoms with Crippen LogP contribution in [0.2, 0.25) is 0 Å². The quantitative estimate of drug-likeness (QED) is 0.827. The van der Waals surface area contributed by atoms with Crippen LogP contribution in [0.25, 0.3) is 10.9 Å². The Morgan fingerprint density at radius 1 is 1.32 bits per heavy atom. The molecule has 1 fully saturated rings. The normalized spacial score (nSPS) is 16.9. The van der Waals surface area contributed by atoms with Gasteiger partial charge in [0.25, 0.3) is 0 Å². The lowest BCUT2D eigenvalue weighted by molar-refractivity contribution is 0.461. The summed E-state index contributed by atoms with van der Waals surface area (Å²) in [6, 6.07) is 8.77. The summed E-state index contributed by atoms with van der Waals surface area (Å²) in [6.45, 7) is 9.35. The lowest BCUT2D eigenvalue weighted by Crippen LogP contribution is -2.26. The minimum Gasteiger partial charge on any atom is -0.343 e. The lowest BCUT2D eigenvalue weighted by Gasteiger charge is -2.22. The average Bonchev–Trinajstić information content (AvgIpc) is 2.78. The molecule has 0 unspecified atom stereocenters. The maximum absolute atomic E-state index is 4.05. The number of fused-ring (bicyclic) bond motifs is 1. The SMILES string of the molecule is C=C(C)Cn1cc(C2CCNCC2)c2ccccc21. The van der Waals surface area contributed by atoms with Gasteiger partial charge in [-0.2, -0.15) is 0 Å². The number of para-hydroxylation sites is 1. The van der Waals surface area contributed by atoms with Crippen molar-refractivity contribution in [2.24, 2.45) is 0 Å². The first-order valence-electron chi connectivity index (χ1n) is 7.18. The van der Waals surface area contributed by atoms with Gasteiger partial charge in [0.05, 0.1) is 0 Å². The van der Waals surface area contributed by atoms with E-state index in [1.165, 1.54) is 34.9 Å². The fraction of sp³-hybridized carbons (Fsp3) is 0.412. The van der Waals surface area contributed by atoms with Crippen LogP contribution in [-0.2, 0) is 6.54 Å². The molecule has 0 radical (unpaired) electrons. The number of nitrogens with one attached hydrogen (secondary N) is 1. The average molecular weight is 254 g/mol. The standard InChI is InChI=1S/C17H22N2/c1-13(2)11-19-12-16(14-7-9-18-10-8-14)15-5-3-4-6-17(15)19/h3-6,12,14,18H,1,7-11H2,2H3. The maximum Gasteiger partial charge on any atom is 0.0486 e. The number of hydrogen-bond acceptors (Lipinski definition) is 1. The van der Waals surface area contributed by atoms with E-state index in [0.717, 1.165) is 19.6 Å². The van der Waals surface area contributed by atoms with Gasteiger partial charge < -0.3 is 9.88 Å². The molecule has 0 bridgehead atoms. The van der Waals surface area contributed by atoms with Crippen LogP contribution in [-0.4, -0.2) is 17.7 Å². The van der Waals surface area contributed by atoms with Crippen LogP contribution in [0.1, 0.15) is 31.2 Å². The second-order valence-corrected chi connectivity index (χ2v) is 5.71. The van der Waals surface area contributed by atoms with Gasteiger partial charge in [-0.25, -0.2) is 0 Å². The Kier molecular flexibility index (Phi) is 3.43. The van der Waals surface area contributed by atoms with E-state index in [9.17, 15) is 0 Å². The Hall–Kier alpha value is -1.54. The zero-order valence-electron chi connectivity index (χ0n) is 11.7. The summed E-state index contributed by atoms with van der Waals surface area (Å²) in [7, 11) is 0. The molecule has 2 heterocycles. The summed E-state index contributed by atoms with van der Waals surface area (Å²) >= 11 is 0. The summed E-state index contributed by atoms with van der Waals surface area (Å²) < 4.78 is 2.36. The molecule has 0 spiro atoms. The van der Waals surface area contributed by atoms with Gasteiger partial charge in [-0.15, -0.1) is 0 Å². The first kappa shape index (κ1) is 12.5. The smallest absolute Gasteiger partial charge is 0.0486 e. The molecular formula is C17H22N2. The predicted octanol–water partition coefficient (Wildman–Crippen LogP) is 3.68. The zero-order valence-corrected chi connectivity index (χ0v) is 11.7. The van der Waals surface area contributed by atoms with E-state index in [-0.39, 0.29) is 0 Å². The molecule has 0 saturated carbocycles. The van der Waals surface area contributed by atoms with Crippen LogP contribution in [0.15, 0.2) is 42.6 Å². The molecule has 1 N–H and O–H groups in total. The van der Waals surface area contributed by atoms with Gasteiger partial charge in [-0.3, -0.25) is 0 Å². The Bertz CT molecular complexity index is 588. The molecule has 1 aliphatic rings. The number of allylic oxidation sites excluding steroid dienone is 1. The van der Waals surface area contributed by atoms with E-state index in [4.69, 9.17) is 0 Å². The van der Waals surface area contributed by atoms with Crippen molar-refractivity contribution in [3.8, 4) is 0 Å². The Labute approximate surface area is 115 Å². The molecule has 100 valence electrons. The number of piperidine rings is 1. The minimum absolute atomic E-state index is 0.706. The van der Waals surface area contributed by atoms with Crippen molar-refractivity contribution in [3.05, 3.63) is 48.2 Å². The summed E-state index contributed by atoms with van der Waals surface area (Å²) in [4.78, 5) is 0. The fourth-order valence-corrected chi connectivity index (χ4v) is 3.16. The monoisotopic (exact) mass is 254 g/mol. The van der Waals surface area contributed by atoms with Crippen molar-refractivity contribution >= 4 is 10.9 Å². The zero-order chi connectivity index (χ0) is 13.2. The highest BCUT2D eigenvalue weighted by molar-refractivity contribution is 5.84. The van der Waals surface area contributed by atoms with Crippen molar-refractivity contribution in [2.45, 2.75) is 32.2 Å². The van der Waals surface area contributed by atoms with Crippen LogP contribution >= 0.6 is 0 Å². The van der Waals surface area contributed by atoms with Gasteiger partial charge >= 0.3 is 0 Å². The number of nitrogens with zero attached hydrogens (tertiary/aromatic N) is 1. The molecule has 0 amide bonds. The first-order valence-corrected chi connectivity index (χ1v) is 7.18. The summed E-state index contributed by atoms with van der Waals surface area (Å²) in [5.41, 5.74) is 4.08. The van der Waals surface area contributed by atoms with Gasteiger partial charge in [0, 0.05) is 23.6 Å². The fourth-order valence-electron chi connectivity index (χ4n) is 3.16. The Morgan fingerprint density at radius 3 is 2.79 bits per heavy atom. The van der Waals surface area contributed by atoms with Gasteiger partial charge in [-0.1, -0.05) is 30.4 Å². The van der Waals surface area contributed by atoms with E-state index in [1.54, 1.807) is 0 Å². The van der Waals surface area contributed by atoms with Crippen LogP contribution in [0.5, 0.6) is 0 Å². The molecule has 2 heteroatoms. The van der Waals surface area contributed by atoms with Gasteiger partial charge in [0.15, 0.2) is 0 Å². The molecule has 2 aromatic rings. The highest BCUT2D eigenvalue weighted by Crippen LogP contribution is 2.33. The van der Waals surface area contributed by atoms with Crippen molar-refractivity contribution in [2.75, 3.05) is 13.1 Å². The third-order valence-electron chi connectivity index (χ3n) is 4.04. The molecular weight excluding hydrogens is 232 g/mol. The largest absolute Gasteiger partial charge is 0.343 e. The minimum atomic E-state index is 0.706. The third-order valence-corrected chi connectivity index (χ3v) is 4.04. The first-order chi connectivity index (χ1) is 9.25. The number of benzene rings is 1. The number of aromatic nitrogens is 1. The van der Waals surface area contributed by atoms with Crippen molar-refractivity contribution < 1.29 is 0 Å². The van der Waals surface area contributed by atoms with Crippen LogP contribution in [0.4, 0.5) is 0 Å². The van der Waals surface area contributed by atoms with E-state index in [1.807, 2.05) is 0 Å². The second-order valence-electron chi connectivity index (χ2n) is 5.71. The van der Waals surface area contributed by atoms with E-state index in [0.29, 0.717) is 5.92 Å². The Morgan fingerprint density at radius 2 is 2.05 bits per heavy atom. The molecule has 1 aromatic heterocycles. The molecule has 1 aliphatic heterocycles. The third kappa shape index (κ3) is 2.45. The number of rotatable bonds is 3. The topological polar surface area (TPSA) is 17.0 Å². The molecule has 1 saturated heterocycles. The van der Waals surface area contributed by atoms with Crippen LogP contribution in [0.3, 0.4) is 0 Å². The highest BCUT2D eigenvalue weighted by atomic mass is 15.0. The van der Waals surface area contributed by atoms with Crippen molar-refractivity contribution in [1.29, 1.82) is 0 Å². The molecule has 2 nitrogen and oxygen atoms in total. The molecule has 19 heavy (non-hydrogen) atoms. The molecule has 1 aromatic carbocycles. The lowest BCUT2D eigenvalue weighted by atomic mass is 9.90. The van der Waals surface area contributed by atoms with Gasteiger partial charge in [0.2, 0.25) is 0 Å². The van der Waals surface area contributed by atoms with Gasteiger partial charge in [-0.05, 0) is 50.4 Å². The van der Waals surface area contributed by atoms with E-state index in [2.05, 4.69) is 53.8 Å². The highest BCUT2D eigenvalue weighted by Gasteiger charge is 2.19. The Balaban J connectivity index is 2.05.